The minimum atomic E-state index is 0.593. The van der Waals surface area contributed by atoms with Crippen LogP contribution >= 0.6 is 0 Å². The fourth-order valence-corrected chi connectivity index (χ4v) is 1.82. The summed E-state index contributed by atoms with van der Waals surface area (Å²) in [5.74, 6) is 1.65. The zero-order chi connectivity index (χ0) is 13.1. The summed E-state index contributed by atoms with van der Waals surface area (Å²) in [5.41, 5.74) is 1.33. The SMILES string of the molecule is Cc1nn(C)c(NCCc2nncn2C)c1C#N. The van der Waals surface area contributed by atoms with Crippen molar-refractivity contribution in [3.05, 3.63) is 23.4 Å². The van der Waals surface area contributed by atoms with Crippen LogP contribution in [0.25, 0.3) is 0 Å². The minimum Gasteiger partial charge on any atom is -0.369 e. The lowest BCUT2D eigenvalue weighted by atomic mass is 10.2. The molecule has 0 saturated heterocycles. The summed E-state index contributed by atoms with van der Waals surface area (Å²) < 4.78 is 3.56. The molecule has 0 aliphatic carbocycles. The molecule has 18 heavy (non-hydrogen) atoms. The summed E-state index contributed by atoms with van der Waals surface area (Å²) >= 11 is 0. The molecular formula is C11H15N7. The van der Waals surface area contributed by atoms with Crippen LogP contribution in [0.3, 0.4) is 0 Å². The average molecular weight is 245 g/mol. The number of rotatable bonds is 4. The Kier molecular flexibility index (Phi) is 3.28. The second kappa shape index (κ2) is 4.87. The number of aryl methyl sites for hydroxylation is 3. The van der Waals surface area contributed by atoms with E-state index in [0.29, 0.717) is 12.1 Å². The van der Waals surface area contributed by atoms with E-state index in [9.17, 15) is 0 Å². The van der Waals surface area contributed by atoms with Crippen molar-refractivity contribution in [2.24, 2.45) is 14.1 Å². The molecule has 7 heteroatoms. The highest BCUT2D eigenvalue weighted by atomic mass is 15.3. The van der Waals surface area contributed by atoms with Crippen molar-refractivity contribution in [2.45, 2.75) is 13.3 Å². The number of hydrogen-bond donors (Lipinski definition) is 1. The zero-order valence-electron chi connectivity index (χ0n) is 10.7. The number of nitrogens with one attached hydrogen (secondary N) is 1. The molecule has 0 unspecified atom stereocenters. The number of aromatic nitrogens is 5. The van der Waals surface area contributed by atoms with Gasteiger partial charge < -0.3 is 9.88 Å². The Labute approximate surface area is 105 Å². The smallest absolute Gasteiger partial charge is 0.142 e. The van der Waals surface area contributed by atoms with E-state index in [1.165, 1.54) is 0 Å². The molecule has 0 spiro atoms. The van der Waals surface area contributed by atoms with Gasteiger partial charge in [-0.25, -0.2) is 0 Å². The maximum atomic E-state index is 9.07. The molecule has 0 amide bonds. The predicted molar refractivity (Wildman–Crippen MR) is 65.9 cm³/mol. The molecule has 0 aromatic carbocycles. The largest absolute Gasteiger partial charge is 0.369 e. The highest BCUT2D eigenvalue weighted by Crippen LogP contribution is 2.16. The van der Waals surface area contributed by atoms with E-state index in [0.717, 1.165) is 23.8 Å². The van der Waals surface area contributed by atoms with Gasteiger partial charge in [-0.2, -0.15) is 10.4 Å². The van der Waals surface area contributed by atoms with Gasteiger partial charge in [-0.3, -0.25) is 4.68 Å². The Hall–Kier alpha value is -2.36. The Morgan fingerprint density at radius 1 is 1.44 bits per heavy atom. The number of nitrogens with zero attached hydrogens (tertiary/aromatic N) is 6. The van der Waals surface area contributed by atoms with Gasteiger partial charge in [0.05, 0.1) is 5.69 Å². The average Bonchev–Trinajstić information content (AvgIpc) is 2.84. The molecule has 0 atom stereocenters. The van der Waals surface area contributed by atoms with Gasteiger partial charge in [-0.05, 0) is 6.92 Å². The van der Waals surface area contributed by atoms with E-state index in [-0.39, 0.29) is 0 Å². The van der Waals surface area contributed by atoms with E-state index >= 15 is 0 Å². The van der Waals surface area contributed by atoms with Crippen molar-refractivity contribution in [1.82, 2.24) is 24.5 Å². The molecule has 0 aliphatic rings. The summed E-state index contributed by atoms with van der Waals surface area (Å²) in [5, 5.41) is 24.3. The van der Waals surface area contributed by atoms with E-state index in [2.05, 4.69) is 26.7 Å². The standard InChI is InChI=1S/C11H15N7/c1-8-9(6-12)11(18(3)16-8)13-5-4-10-15-14-7-17(10)2/h7,13H,4-5H2,1-3H3. The van der Waals surface area contributed by atoms with Crippen LogP contribution in [0.15, 0.2) is 6.33 Å². The van der Waals surface area contributed by atoms with Crippen molar-refractivity contribution in [2.75, 3.05) is 11.9 Å². The third-order valence-electron chi connectivity index (χ3n) is 2.78. The van der Waals surface area contributed by atoms with Crippen LogP contribution in [0, 0.1) is 18.3 Å². The van der Waals surface area contributed by atoms with Crippen LogP contribution in [0.4, 0.5) is 5.82 Å². The van der Waals surface area contributed by atoms with Gasteiger partial charge in [0, 0.05) is 27.1 Å². The quantitative estimate of drug-likeness (QED) is 0.842. The van der Waals surface area contributed by atoms with Gasteiger partial charge in [0.25, 0.3) is 0 Å². The van der Waals surface area contributed by atoms with Crippen LogP contribution in [0.1, 0.15) is 17.1 Å². The molecule has 7 nitrogen and oxygen atoms in total. The number of anilines is 1. The minimum absolute atomic E-state index is 0.593. The molecule has 2 rings (SSSR count). The molecule has 1 N–H and O–H groups in total. The Morgan fingerprint density at radius 2 is 2.22 bits per heavy atom. The van der Waals surface area contributed by atoms with Crippen LogP contribution in [-0.2, 0) is 20.5 Å². The molecule has 0 aliphatic heterocycles. The van der Waals surface area contributed by atoms with Crippen LogP contribution in [0.2, 0.25) is 0 Å². The zero-order valence-corrected chi connectivity index (χ0v) is 10.7. The first-order valence-corrected chi connectivity index (χ1v) is 5.64. The number of nitriles is 1. The lowest BCUT2D eigenvalue weighted by molar-refractivity contribution is 0.747. The second-order valence-electron chi connectivity index (χ2n) is 4.08. The monoisotopic (exact) mass is 245 g/mol. The summed E-state index contributed by atoms with van der Waals surface area (Å²) in [6.45, 7) is 2.51. The van der Waals surface area contributed by atoms with Crippen molar-refractivity contribution in [3.8, 4) is 6.07 Å². The second-order valence-corrected chi connectivity index (χ2v) is 4.08. The van der Waals surface area contributed by atoms with Gasteiger partial charge >= 0.3 is 0 Å². The van der Waals surface area contributed by atoms with Gasteiger partial charge in [0.2, 0.25) is 0 Å². The van der Waals surface area contributed by atoms with Gasteiger partial charge in [-0.1, -0.05) is 0 Å². The molecule has 94 valence electrons. The molecule has 2 aromatic rings. The first-order valence-electron chi connectivity index (χ1n) is 5.64. The van der Waals surface area contributed by atoms with Gasteiger partial charge in [0.15, 0.2) is 0 Å². The third kappa shape index (κ3) is 2.18. The maximum Gasteiger partial charge on any atom is 0.142 e. The maximum absolute atomic E-state index is 9.07. The first-order chi connectivity index (χ1) is 8.63. The van der Waals surface area contributed by atoms with Crippen molar-refractivity contribution in [3.63, 3.8) is 0 Å². The highest BCUT2D eigenvalue weighted by Gasteiger charge is 2.12. The predicted octanol–water partition coefficient (Wildman–Crippen LogP) is 0.383. The summed E-state index contributed by atoms with van der Waals surface area (Å²) in [4.78, 5) is 0. The van der Waals surface area contributed by atoms with Gasteiger partial charge in [0.1, 0.15) is 29.6 Å². The summed E-state index contributed by atoms with van der Waals surface area (Å²) in [6, 6.07) is 2.16. The van der Waals surface area contributed by atoms with E-state index in [1.54, 1.807) is 11.0 Å². The molecule has 0 saturated carbocycles. The fourth-order valence-electron chi connectivity index (χ4n) is 1.82. The molecule has 2 heterocycles. The molecule has 2 aromatic heterocycles. The lowest BCUT2D eigenvalue weighted by Crippen LogP contribution is -2.11. The number of hydrogen-bond acceptors (Lipinski definition) is 5. The van der Waals surface area contributed by atoms with Crippen molar-refractivity contribution in [1.29, 1.82) is 5.26 Å². The fraction of sp³-hybridized carbons (Fsp3) is 0.455. The van der Waals surface area contributed by atoms with E-state index in [1.807, 2.05) is 25.6 Å². The lowest BCUT2D eigenvalue weighted by Gasteiger charge is -2.06. The van der Waals surface area contributed by atoms with Gasteiger partial charge in [-0.15, -0.1) is 10.2 Å². The Bertz CT molecular complexity index is 587. The Balaban J connectivity index is 2.03. The highest BCUT2D eigenvalue weighted by molar-refractivity contribution is 5.54. The topological polar surface area (TPSA) is 84.3 Å². The first kappa shape index (κ1) is 12.1. The van der Waals surface area contributed by atoms with Crippen LogP contribution in [-0.4, -0.2) is 31.1 Å². The van der Waals surface area contributed by atoms with E-state index in [4.69, 9.17) is 5.26 Å². The normalized spacial score (nSPS) is 10.3. The molecule has 0 fully saturated rings. The summed E-state index contributed by atoms with van der Waals surface area (Å²) in [7, 11) is 3.72. The van der Waals surface area contributed by atoms with Crippen LogP contribution in [0.5, 0.6) is 0 Å². The third-order valence-corrected chi connectivity index (χ3v) is 2.78. The Morgan fingerprint density at radius 3 is 2.83 bits per heavy atom. The van der Waals surface area contributed by atoms with Crippen LogP contribution < -0.4 is 5.32 Å². The molecular weight excluding hydrogens is 230 g/mol. The summed E-state index contributed by atoms with van der Waals surface area (Å²) in [6.07, 6.45) is 2.41. The molecule has 0 radical (unpaired) electrons. The van der Waals surface area contributed by atoms with Crippen molar-refractivity contribution < 1.29 is 0 Å². The van der Waals surface area contributed by atoms with E-state index < -0.39 is 0 Å². The molecule has 0 bridgehead atoms. The van der Waals surface area contributed by atoms with Crippen molar-refractivity contribution >= 4 is 5.82 Å².